The van der Waals surface area contributed by atoms with Crippen LogP contribution in [0.4, 0.5) is 4.79 Å². The predicted octanol–water partition coefficient (Wildman–Crippen LogP) is 1.22. The number of amides is 1. The third-order valence-corrected chi connectivity index (χ3v) is 2.86. The van der Waals surface area contributed by atoms with E-state index in [2.05, 4.69) is 5.32 Å². The molecule has 1 spiro atoms. The van der Waals surface area contributed by atoms with E-state index >= 15 is 0 Å². The highest BCUT2D eigenvalue weighted by Crippen LogP contribution is 2.41. The van der Waals surface area contributed by atoms with Gasteiger partial charge < -0.3 is 14.8 Å². The minimum Gasteiger partial charge on any atom is -0.460 e. The molecule has 0 unspecified atom stereocenters. The second kappa shape index (κ2) is 3.37. The van der Waals surface area contributed by atoms with E-state index < -0.39 is 5.60 Å². The van der Waals surface area contributed by atoms with Gasteiger partial charge in [-0.15, -0.1) is 0 Å². The van der Waals surface area contributed by atoms with Crippen LogP contribution in [0.2, 0.25) is 0 Å². The lowest BCUT2D eigenvalue weighted by molar-refractivity contribution is -0.166. The Morgan fingerprint density at radius 3 is 2.56 bits per heavy atom. The molecular formula is C11H17NO4. The molecule has 2 rings (SSSR count). The van der Waals surface area contributed by atoms with E-state index in [1.807, 2.05) is 20.8 Å². The Labute approximate surface area is 94.5 Å². The van der Waals surface area contributed by atoms with Gasteiger partial charge in [0.05, 0.1) is 11.5 Å². The van der Waals surface area contributed by atoms with Crippen LogP contribution in [0.3, 0.4) is 0 Å². The molecule has 0 bridgehead atoms. The second-order valence-corrected chi connectivity index (χ2v) is 5.62. The molecule has 1 aliphatic carbocycles. The van der Waals surface area contributed by atoms with Crippen molar-refractivity contribution in [3.8, 4) is 0 Å². The highest BCUT2D eigenvalue weighted by atomic mass is 16.6. The Morgan fingerprint density at radius 1 is 1.50 bits per heavy atom. The zero-order valence-corrected chi connectivity index (χ0v) is 9.83. The first kappa shape index (κ1) is 11.2. The number of cyclic esters (lactones) is 1. The summed E-state index contributed by atoms with van der Waals surface area (Å²) in [6, 6.07) is 0. The standard InChI is InChI=1S/C11H17NO4/c1-10(2,3)16-8(13)7-4-11(5-7)6-15-9(14)12-11/h7H,4-6H2,1-3H3,(H,12,14). The number of hydrogen-bond donors (Lipinski definition) is 1. The summed E-state index contributed by atoms with van der Waals surface area (Å²) in [5.41, 5.74) is -0.756. The zero-order chi connectivity index (χ0) is 12.0. The molecule has 2 aliphatic rings. The highest BCUT2D eigenvalue weighted by molar-refractivity contribution is 5.77. The average molecular weight is 227 g/mol. The normalized spacial score (nSPS) is 32.9. The molecule has 5 nitrogen and oxygen atoms in total. The van der Waals surface area contributed by atoms with Crippen LogP contribution in [0.15, 0.2) is 0 Å². The van der Waals surface area contributed by atoms with E-state index in [0.717, 1.165) is 0 Å². The monoisotopic (exact) mass is 227 g/mol. The van der Waals surface area contributed by atoms with Gasteiger partial charge in [0.2, 0.25) is 0 Å². The van der Waals surface area contributed by atoms with Crippen LogP contribution in [0.25, 0.3) is 0 Å². The summed E-state index contributed by atoms with van der Waals surface area (Å²) >= 11 is 0. The third kappa shape index (κ3) is 2.13. The molecule has 1 amide bonds. The van der Waals surface area contributed by atoms with Crippen LogP contribution in [0.1, 0.15) is 33.6 Å². The van der Waals surface area contributed by atoms with Gasteiger partial charge >= 0.3 is 12.1 Å². The SMILES string of the molecule is CC(C)(C)OC(=O)C1CC2(COC(=O)N2)C1. The van der Waals surface area contributed by atoms with Gasteiger partial charge in [0.15, 0.2) is 0 Å². The van der Waals surface area contributed by atoms with E-state index in [1.165, 1.54) is 0 Å². The molecule has 0 radical (unpaired) electrons. The Morgan fingerprint density at radius 2 is 2.12 bits per heavy atom. The molecule has 0 aromatic carbocycles. The quantitative estimate of drug-likeness (QED) is 0.684. The summed E-state index contributed by atoms with van der Waals surface area (Å²) in [5, 5.41) is 2.75. The molecular weight excluding hydrogens is 210 g/mol. The van der Waals surface area contributed by atoms with Crippen LogP contribution in [0, 0.1) is 5.92 Å². The topological polar surface area (TPSA) is 64.6 Å². The molecule has 1 saturated carbocycles. The molecule has 0 aromatic heterocycles. The molecule has 2 fully saturated rings. The fourth-order valence-electron chi connectivity index (χ4n) is 2.15. The van der Waals surface area contributed by atoms with Crippen molar-refractivity contribution in [2.75, 3.05) is 6.61 Å². The lowest BCUT2D eigenvalue weighted by Gasteiger charge is -2.42. The molecule has 1 N–H and O–H groups in total. The minimum absolute atomic E-state index is 0.110. The summed E-state index contributed by atoms with van der Waals surface area (Å²) in [6.07, 6.45) is 0.851. The van der Waals surface area contributed by atoms with Crippen molar-refractivity contribution in [3.63, 3.8) is 0 Å². The summed E-state index contributed by atoms with van der Waals surface area (Å²) in [4.78, 5) is 22.6. The summed E-state index contributed by atoms with van der Waals surface area (Å²) in [5.74, 6) is -0.291. The van der Waals surface area contributed by atoms with E-state index in [0.29, 0.717) is 19.4 Å². The first-order valence-electron chi connectivity index (χ1n) is 5.48. The van der Waals surface area contributed by atoms with Crippen LogP contribution >= 0.6 is 0 Å². The average Bonchev–Trinajstić information content (AvgIpc) is 2.41. The molecule has 90 valence electrons. The summed E-state index contributed by atoms with van der Waals surface area (Å²) in [6.45, 7) is 5.91. The predicted molar refractivity (Wildman–Crippen MR) is 55.8 cm³/mol. The Balaban J connectivity index is 1.84. The number of nitrogens with one attached hydrogen (secondary N) is 1. The van der Waals surface area contributed by atoms with E-state index in [9.17, 15) is 9.59 Å². The summed E-state index contributed by atoms with van der Waals surface area (Å²) in [7, 11) is 0. The number of carbonyl (C=O) groups excluding carboxylic acids is 2. The number of rotatable bonds is 1. The van der Waals surface area contributed by atoms with Crippen LogP contribution in [-0.2, 0) is 14.3 Å². The molecule has 1 saturated heterocycles. The lowest BCUT2D eigenvalue weighted by Crippen LogP contribution is -2.56. The minimum atomic E-state index is -0.449. The smallest absolute Gasteiger partial charge is 0.407 e. The van der Waals surface area contributed by atoms with Crippen molar-refractivity contribution in [1.29, 1.82) is 0 Å². The molecule has 0 aromatic rings. The number of hydrogen-bond acceptors (Lipinski definition) is 4. The molecule has 16 heavy (non-hydrogen) atoms. The van der Waals surface area contributed by atoms with E-state index in [4.69, 9.17) is 9.47 Å². The van der Waals surface area contributed by atoms with Gasteiger partial charge in [0.1, 0.15) is 12.2 Å². The maximum absolute atomic E-state index is 11.7. The van der Waals surface area contributed by atoms with Crippen molar-refractivity contribution in [2.24, 2.45) is 5.92 Å². The Kier molecular flexibility index (Phi) is 2.36. The van der Waals surface area contributed by atoms with Gasteiger partial charge in [-0.3, -0.25) is 4.79 Å². The number of carbonyl (C=O) groups is 2. The van der Waals surface area contributed by atoms with Gasteiger partial charge in [-0.2, -0.15) is 0 Å². The first-order valence-corrected chi connectivity index (χ1v) is 5.48. The molecule has 1 heterocycles. The van der Waals surface area contributed by atoms with Crippen molar-refractivity contribution in [3.05, 3.63) is 0 Å². The van der Waals surface area contributed by atoms with Crippen molar-refractivity contribution >= 4 is 12.1 Å². The van der Waals surface area contributed by atoms with Gasteiger partial charge in [-0.1, -0.05) is 0 Å². The highest BCUT2D eigenvalue weighted by Gasteiger charge is 2.53. The number of alkyl carbamates (subject to hydrolysis) is 1. The van der Waals surface area contributed by atoms with Gasteiger partial charge in [0.25, 0.3) is 0 Å². The number of ether oxygens (including phenoxy) is 2. The lowest BCUT2D eigenvalue weighted by atomic mass is 9.69. The maximum atomic E-state index is 11.7. The fourth-order valence-corrected chi connectivity index (χ4v) is 2.15. The Hall–Kier alpha value is -1.26. The molecule has 5 heteroatoms. The second-order valence-electron chi connectivity index (χ2n) is 5.62. The zero-order valence-electron chi connectivity index (χ0n) is 9.83. The molecule has 0 atom stereocenters. The van der Waals surface area contributed by atoms with Gasteiger partial charge in [0, 0.05) is 0 Å². The molecule has 1 aliphatic heterocycles. The van der Waals surface area contributed by atoms with Crippen LogP contribution in [0.5, 0.6) is 0 Å². The first-order chi connectivity index (χ1) is 7.30. The Bertz CT molecular complexity index is 325. The van der Waals surface area contributed by atoms with Gasteiger partial charge in [-0.05, 0) is 33.6 Å². The third-order valence-electron chi connectivity index (χ3n) is 2.86. The maximum Gasteiger partial charge on any atom is 0.407 e. The van der Waals surface area contributed by atoms with E-state index in [1.54, 1.807) is 0 Å². The van der Waals surface area contributed by atoms with Gasteiger partial charge in [-0.25, -0.2) is 4.79 Å². The van der Waals surface area contributed by atoms with Crippen molar-refractivity contribution < 1.29 is 19.1 Å². The number of esters is 1. The van der Waals surface area contributed by atoms with E-state index in [-0.39, 0.29) is 23.5 Å². The van der Waals surface area contributed by atoms with Crippen molar-refractivity contribution in [2.45, 2.75) is 44.8 Å². The van der Waals surface area contributed by atoms with Crippen molar-refractivity contribution in [1.82, 2.24) is 5.32 Å². The van der Waals surface area contributed by atoms with Crippen LogP contribution in [-0.4, -0.2) is 29.8 Å². The fraction of sp³-hybridized carbons (Fsp3) is 0.818. The largest absolute Gasteiger partial charge is 0.460 e. The van der Waals surface area contributed by atoms with Crippen LogP contribution < -0.4 is 5.32 Å². The summed E-state index contributed by atoms with van der Waals surface area (Å²) < 4.78 is 10.1.